The minimum Gasteiger partial charge on any atom is -0.385 e. The number of aryl methyl sites for hydroxylation is 1. The van der Waals surface area contributed by atoms with Crippen LogP contribution in [0, 0.1) is 0 Å². The van der Waals surface area contributed by atoms with Crippen LogP contribution in [0.25, 0.3) is 0 Å². The van der Waals surface area contributed by atoms with Gasteiger partial charge in [0.25, 0.3) is 0 Å². The zero-order valence-electron chi connectivity index (χ0n) is 9.97. The molecule has 0 bridgehead atoms. The summed E-state index contributed by atoms with van der Waals surface area (Å²) >= 11 is 0. The van der Waals surface area contributed by atoms with E-state index >= 15 is 0 Å². The van der Waals surface area contributed by atoms with E-state index in [2.05, 4.69) is 37.4 Å². The van der Waals surface area contributed by atoms with Gasteiger partial charge in [0.15, 0.2) is 0 Å². The summed E-state index contributed by atoms with van der Waals surface area (Å²) in [5.74, 6) is 0. The highest BCUT2D eigenvalue weighted by Gasteiger charge is 2.00. The lowest BCUT2D eigenvalue weighted by atomic mass is 10.1. The van der Waals surface area contributed by atoms with Crippen LogP contribution in [0.1, 0.15) is 26.3 Å². The molecule has 0 aliphatic carbocycles. The fourth-order valence-corrected chi connectivity index (χ4v) is 1.49. The van der Waals surface area contributed by atoms with Gasteiger partial charge in [-0.3, -0.25) is 0 Å². The number of rotatable bonds is 5. The summed E-state index contributed by atoms with van der Waals surface area (Å²) in [4.78, 5) is 0. The molecule has 0 saturated heterocycles. The third-order valence-corrected chi connectivity index (χ3v) is 2.19. The molecular weight excluding hydrogens is 174 g/mol. The van der Waals surface area contributed by atoms with Crippen molar-refractivity contribution in [1.82, 2.24) is 0 Å². The summed E-state index contributed by atoms with van der Waals surface area (Å²) in [5, 5.41) is 3.34. The lowest BCUT2D eigenvalue weighted by Crippen LogP contribution is -2.01. The summed E-state index contributed by atoms with van der Waals surface area (Å²) in [6.07, 6.45) is 1.03. The SMILES string of the molecule is [2H]COCc1ccc(CC)c(NCC)c1. The van der Waals surface area contributed by atoms with Gasteiger partial charge in [0.2, 0.25) is 0 Å². The summed E-state index contributed by atoms with van der Waals surface area (Å²) in [7, 11) is 0.0199. The van der Waals surface area contributed by atoms with Crippen molar-refractivity contribution in [3.63, 3.8) is 0 Å². The zero-order chi connectivity index (χ0) is 11.1. The van der Waals surface area contributed by atoms with E-state index in [1.807, 2.05) is 0 Å². The molecule has 0 aliphatic heterocycles. The standard InChI is InChI=1S/C12H19NO/c1-4-11-7-6-10(9-14-3)8-12(11)13-5-2/h6-8,13H,4-5,9H2,1-3H3/i3D. The molecule has 0 atom stereocenters. The second kappa shape index (κ2) is 5.66. The lowest BCUT2D eigenvalue weighted by molar-refractivity contribution is 0.185. The van der Waals surface area contributed by atoms with E-state index in [9.17, 15) is 0 Å². The van der Waals surface area contributed by atoms with E-state index in [0.29, 0.717) is 6.61 Å². The van der Waals surface area contributed by atoms with E-state index in [0.717, 1.165) is 18.5 Å². The maximum atomic E-state index is 6.93. The molecule has 0 aromatic heterocycles. The van der Waals surface area contributed by atoms with Crippen LogP contribution in [0.3, 0.4) is 0 Å². The van der Waals surface area contributed by atoms with Gasteiger partial charge in [-0.1, -0.05) is 19.1 Å². The Morgan fingerprint density at radius 3 is 2.93 bits per heavy atom. The molecule has 0 heterocycles. The van der Waals surface area contributed by atoms with Crippen LogP contribution < -0.4 is 5.32 Å². The fourth-order valence-electron chi connectivity index (χ4n) is 1.49. The minimum atomic E-state index is 0.0199. The van der Waals surface area contributed by atoms with Crippen LogP contribution in [-0.4, -0.2) is 13.6 Å². The Balaban J connectivity index is 2.79. The lowest BCUT2D eigenvalue weighted by Gasteiger charge is -2.11. The largest absolute Gasteiger partial charge is 0.385 e. The van der Waals surface area contributed by atoms with Crippen LogP contribution >= 0.6 is 0 Å². The van der Waals surface area contributed by atoms with Gasteiger partial charge < -0.3 is 10.1 Å². The third kappa shape index (κ3) is 2.74. The maximum Gasteiger partial charge on any atom is 0.0713 e. The highest BCUT2D eigenvalue weighted by atomic mass is 16.5. The van der Waals surface area contributed by atoms with Gasteiger partial charge in [0.1, 0.15) is 0 Å². The number of ether oxygens (including phenoxy) is 1. The molecule has 14 heavy (non-hydrogen) atoms. The van der Waals surface area contributed by atoms with E-state index in [4.69, 9.17) is 6.11 Å². The average Bonchev–Trinajstić information content (AvgIpc) is 2.27. The molecule has 1 aromatic carbocycles. The first kappa shape index (κ1) is 9.53. The third-order valence-electron chi connectivity index (χ3n) is 2.19. The molecule has 2 nitrogen and oxygen atoms in total. The Hall–Kier alpha value is -1.02. The second-order valence-electron chi connectivity index (χ2n) is 3.22. The van der Waals surface area contributed by atoms with Gasteiger partial charge in [-0.05, 0) is 30.5 Å². The van der Waals surface area contributed by atoms with Gasteiger partial charge in [0, 0.05) is 19.3 Å². The van der Waals surface area contributed by atoms with Crippen molar-refractivity contribution >= 4 is 5.69 Å². The van der Waals surface area contributed by atoms with E-state index in [1.165, 1.54) is 11.3 Å². The molecule has 0 radical (unpaired) electrons. The minimum absolute atomic E-state index is 0.0199. The molecule has 0 amide bonds. The average molecular weight is 194 g/mol. The molecule has 0 unspecified atom stereocenters. The highest BCUT2D eigenvalue weighted by molar-refractivity contribution is 5.53. The number of benzene rings is 1. The summed E-state index contributed by atoms with van der Waals surface area (Å²) < 4.78 is 12.0. The monoisotopic (exact) mass is 194 g/mol. The number of hydrogen-bond acceptors (Lipinski definition) is 2. The normalized spacial score (nSPS) is 11.1. The summed E-state index contributed by atoms with van der Waals surface area (Å²) in [6.45, 7) is 5.68. The van der Waals surface area contributed by atoms with Crippen LogP contribution in [-0.2, 0) is 17.8 Å². The zero-order valence-corrected chi connectivity index (χ0v) is 8.97. The van der Waals surface area contributed by atoms with Gasteiger partial charge in [-0.15, -0.1) is 0 Å². The van der Waals surface area contributed by atoms with Crippen LogP contribution in [0.2, 0.25) is 0 Å². The quantitative estimate of drug-likeness (QED) is 0.778. The first-order chi connectivity index (χ1) is 7.31. The van der Waals surface area contributed by atoms with Crippen LogP contribution in [0.15, 0.2) is 18.2 Å². The van der Waals surface area contributed by atoms with Crippen molar-refractivity contribution in [1.29, 1.82) is 0 Å². The number of anilines is 1. The van der Waals surface area contributed by atoms with Crippen molar-refractivity contribution in [3.8, 4) is 0 Å². The van der Waals surface area contributed by atoms with E-state index < -0.39 is 0 Å². The van der Waals surface area contributed by atoms with Crippen LogP contribution in [0.5, 0.6) is 0 Å². The van der Waals surface area contributed by atoms with Crippen molar-refractivity contribution in [2.45, 2.75) is 26.9 Å². The Labute approximate surface area is 87.7 Å². The topological polar surface area (TPSA) is 21.3 Å². The van der Waals surface area contributed by atoms with Gasteiger partial charge in [0.05, 0.1) is 7.98 Å². The van der Waals surface area contributed by atoms with Gasteiger partial charge in [-0.25, -0.2) is 0 Å². The summed E-state index contributed by atoms with van der Waals surface area (Å²) in [5.41, 5.74) is 3.63. The predicted octanol–water partition coefficient (Wildman–Crippen LogP) is 2.83. The van der Waals surface area contributed by atoms with Crippen LogP contribution in [0.4, 0.5) is 5.69 Å². The molecule has 1 rings (SSSR count). The Kier molecular flexibility index (Phi) is 3.85. The Bertz CT molecular complexity index is 302. The Morgan fingerprint density at radius 1 is 1.43 bits per heavy atom. The maximum absolute atomic E-state index is 6.93. The number of methoxy groups -OCH3 is 1. The smallest absolute Gasteiger partial charge is 0.0713 e. The highest BCUT2D eigenvalue weighted by Crippen LogP contribution is 2.18. The van der Waals surface area contributed by atoms with Crippen molar-refractivity contribution in [2.75, 3.05) is 18.9 Å². The Morgan fingerprint density at radius 2 is 2.29 bits per heavy atom. The first-order valence-electron chi connectivity index (χ1n) is 5.75. The van der Waals surface area contributed by atoms with E-state index in [-0.39, 0.29) is 7.09 Å². The molecule has 1 aromatic rings. The number of nitrogens with one attached hydrogen (secondary N) is 1. The van der Waals surface area contributed by atoms with Crippen molar-refractivity contribution < 1.29 is 6.11 Å². The first-order valence-corrected chi connectivity index (χ1v) is 5.04. The molecule has 0 saturated carbocycles. The van der Waals surface area contributed by atoms with Crippen molar-refractivity contribution in [3.05, 3.63) is 29.3 Å². The molecular formula is C12H19NO. The molecule has 2 heteroatoms. The van der Waals surface area contributed by atoms with E-state index in [1.54, 1.807) is 0 Å². The molecule has 78 valence electrons. The fraction of sp³-hybridized carbons (Fsp3) is 0.500. The predicted molar refractivity (Wildman–Crippen MR) is 60.7 cm³/mol. The number of hydrogen-bond donors (Lipinski definition) is 1. The van der Waals surface area contributed by atoms with Crippen molar-refractivity contribution in [2.24, 2.45) is 0 Å². The van der Waals surface area contributed by atoms with Gasteiger partial charge >= 0.3 is 0 Å². The molecule has 0 fully saturated rings. The molecule has 0 spiro atoms. The second-order valence-corrected chi connectivity index (χ2v) is 3.22. The summed E-state index contributed by atoms with van der Waals surface area (Å²) in [6, 6.07) is 6.30. The molecule has 1 N–H and O–H groups in total. The van der Waals surface area contributed by atoms with Gasteiger partial charge in [-0.2, -0.15) is 0 Å². The molecule has 0 aliphatic rings.